The molecule has 5 nitrogen and oxygen atoms in total. The average molecular weight is 407 g/mol. The van der Waals surface area contributed by atoms with Gasteiger partial charge in [-0.2, -0.15) is 0 Å². The smallest absolute Gasteiger partial charge is 0.256 e. The Hall–Kier alpha value is -2.06. The number of halogens is 3. The van der Waals surface area contributed by atoms with Crippen LogP contribution in [0.15, 0.2) is 42.5 Å². The number of carbonyl (C=O) groups is 1. The first-order valence-electron chi connectivity index (χ1n) is 9.26. The van der Waals surface area contributed by atoms with Gasteiger partial charge in [0.05, 0.1) is 11.7 Å². The molecule has 0 radical (unpaired) electrons. The number of nitrogens with zero attached hydrogens (tertiary/aromatic N) is 2. The Kier molecular flexibility index (Phi) is 5.59. The number of benzene rings is 2. The van der Waals surface area contributed by atoms with Gasteiger partial charge in [0.2, 0.25) is 0 Å². The van der Waals surface area contributed by atoms with Crippen LogP contribution in [-0.4, -0.2) is 48.1 Å². The second kappa shape index (κ2) is 8.13. The molecular weight excluding hydrogens is 386 g/mol. The SMILES string of the molecule is O=C(c1ccc(F)cc1F)N1CCN(C2CC(c3ccc(Cl)cc3)NN2)CC1. The van der Waals surface area contributed by atoms with E-state index >= 15 is 0 Å². The van der Waals surface area contributed by atoms with Crippen LogP contribution >= 0.6 is 11.6 Å². The molecule has 2 aromatic rings. The summed E-state index contributed by atoms with van der Waals surface area (Å²) in [7, 11) is 0. The zero-order valence-corrected chi connectivity index (χ0v) is 15.9. The fourth-order valence-electron chi connectivity index (χ4n) is 3.76. The summed E-state index contributed by atoms with van der Waals surface area (Å²) in [6.07, 6.45) is 1.04. The van der Waals surface area contributed by atoms with Crippen molar-refractivity contribution in [3.8, 4) is 0 Å². The van der Waals surface area contributed by atoms with E-state index in [2.05, 4.69) is 15.8 Å². The van der Waals surface area contributed by atoms with Crippen molar-refractivity contribution in [2.75, 3.05) is 26.2 Å². The minimum atomic E-state index is -0.820. The number of amides is 1. The van der Waals surface area contributed by atoms with Crippen molar-refractivity contribution in [2.45, 2.75) is 18.6 Å². The fraction of sp³-hybridized carbons (Fsp3) is 0.350. The summed E-state index contributed by atoms with van der Waals surface area (Å²) in [5.41, 5.74) is 7.71. The van der Waals surface area contributed by atoms with Crippen LogP contribution < -0.4 is 10.9 Å². The molecule has 4 rings (SSSR count). The molecule has 148 valence electrons. The van der Waals surface area contributed by atoms with Gasteiger partial charge in [-0.3, -0.25) is 9.69 Å². The molecule has 2 fully saturated rings. The van der Waals surface area contributed by atoms with Gasteiger partial charge < -0.3 is 4.90 Å². The largest absolute Gasteiger partial charge is 0.336 e. The number of hydrogen-bond acceptors (Lipinski definition) is 4. The van der Waals surface area contributed by atoms with Crippen molar-refractivity contribution < 1.29 is 13.6 Å². The lowest BCUT2D eigenvalue weighted by molar-refractivity contribution is 0.0540. The van der Waals surface area contributed by atoms with E-state index in [-0.39, 0.29) is 17.8 Å². The number of nitrogens with one attached hydrogen (secondary N) is 2. The van der Waals surface area contributed by atoms with Crippen molar-refractivity contribution in [1.29, 1.82) is 0 Å². The summed E-state index contributed by atoms with van der Waals surface area (Å²) in [6, 6.07) is 11.0. The Morgan fingerprint density at radius 1 is 1.00 bits per heavy atom. The highest BCUT2D eigenvalue weighted by atomic mass is 35.5. The number of hydrazine groups is 1. The van der Waals surface area contributed by atoms with Gasteiger partial charge in [-0.05, 0) is 36.2 Å². The third-order valence-corrected chi connectivity index (χ3v) is 5.61. The van der Waals surface area contributed by atoms with Crippen molar-refractivity contribution >= 4 is 17.5 Å². The van der Waals surface area contributed by atoms with E-state index in [9.17, 15) is 13.6 Å². The van der Waals surface area contributed by atoms with Crippen molar-refractivity contribution in [3.05, 3.63) is 70.2 Å². The molecule has 0 aromatic heterocycles. The first-order valence-corrected chi connectivity index (χ1v) is 9.64. The molecule has 2 N–H and O–H groups in total. The second-order valence-corrected chi connectivity index (χ2v) is 7.53. The van der Waals surface area contributed by atoms with Crippen LogP contribution in [-0.2, 0) is 0 Å². The van der Waals surface area contributed by atoms with Crippen molar-refractivity contribution in [2.24, 2.45) is 0 Å². The molecule has 2 aromatic carbocycles. The maximum Gasteiger partial charge on any atom is 0.256 e. The van der Waals surface area contributed by atoms with Crippen LogP contribution in [0.1, 0.15) is 28.4 Å². The lowest BCUT2D eigenvalue weighted by Crippen LogP contribution is -2.55. The topological polar surface area (TPSA) is 47.6 Å². The molecule has 0 aliphatic carbocycles. The standard InChI is InChI=1S/C20H21ClF2N4O/c21-14-3-1-13(2-4-14)18-12-19(25-24-18)26-7-9-27(10-8-26)20(28)16-6-5-15(22)11-17(16)23/h1-6,11,18-19,24-25H,7-10,12H2. The molecule has 0 bridgehead atoms. The summed E-state index contributed by atoms with van der Waals surface area (Å²) in [5.74, 6) is -1.90. The zero-order valence-electron chi connectivity index (χ0n) is 15.2. The Morgan fingerprint density at radius 3 is 2.39 bits per heavy atom. The fourth-order valence-corrected chi connectivity index (χ4v) is 3.89. The summed E-state index contributed by atoms with van der Waals surface area (Å²) in [5, 5.41) is 0.713. The third-order valence-electron chi connectivity index (χ3n) is 5.36. The van der Waals surface area contributed by atoms with Crippen LogP contribution in [0.2, 0.25) is 5.02 Å². The third kappa shape index (κ3) is 4.03. The van der Waals surface area contributed by atoms with E-state index < -0.39 is 17.5 Å². The highest BCUT2D eigenvalue weighted by Crippen LogP contribution is 2.26. The lowest BCUT2D eigenvalue weighted by atomic mass is 10.0. The van der Waals surface area contributed by atoms with Crippen molar-refractivity contribution in [3.63, 3.8) is 0 Å². The molecule has 0 spiro atoms. The molecule has 0 saturated carbocycles. The summed E-state index contributed by atoms with van der Waals surface area (Å²) >= 11 is 5.95. The molecule has 1 amide bonds. The summed E-state index contributed by atoms with van der Waals surface area (Å²) in [4.78, 5) is 16.4. The zero-order chi connectivity index (χ0) is 19.7. The van der Waals surface area contributed by atoms with Crippen LogP contribution in [0, 0.1) is 11.6 Å². The highest BCUT2D eigenvalue weighted by Gasteiger charge is 2.32. The molecule has 2 heterocycles. The Labute approximate surface area is 167 Å². The van der Waals surface area contributed by atoms with Gasteiger partial charge in [0.1, 0.15) is 11.6 Å². The van der Waals surface area contributed by atoms with Crippen molar-refractivity contribution in [1.82, 2.24) is 20.7 Å². The predicted molar refractivity (Wildman–Crippen MR) is 103 cm³/mol. The molecule has 2 unspecified atom stereocenters. The van der Waals surface area contributed by atoms with Gasteiger partial charge in [-0.15, -0.1) is 0 Å². The molecule has 2 saturated heterocycles. The van der Waals surface area contributed by atoms with Crippen LogP contribution in [0.25, 0.3) is 0 Å². The van der Waals surface area contributed by atoms with Gasteiger partial charge in [-0.25, -0.2) is 19.6 Å². The Bertz CT molecular complexity index is 856. The molecule has 2 aliphatic heterocycles. The second-order valence-electron chi connectivity index (χ2n) is 7.10. The first kappa shape index (κ1) is 19.3. The van der Waals surface area contributed by atoms with E-state index in [4.69, 9.17) is 11.6 Å². The maximum atomic E-state index is 13.9. The van der Waals surface area contributed by atoms with E-state index in [1.165, 1.54) is 11.6 Å². The van der Waals surface area contributed by atoms with Gasteiger partial charge in [0, 0.05) is 43.3 Å². The maximum absolute atomic E-state index is 13.9. The van der Waals surface area contributed by atoms with Crippen LogP contribution in [0.4, 0.5) is 8.78 Å². The summed E-state index contributed by atoms with van der Waals surface area (Å²) in [6.45, 7) is 2.36. The van der Waals surface area contributed by atoms with E-state index in [0.717, 1.165) is 18.6 Å². The van der Waals surface area contributed by atoms with Gasteiger partial charge in [-0.1, -0.05) is 23.7 Å². The van der Waals surface area contributed by atoms with Gasteiger partial charge >= 0.3 is 0 Å². The van der Waals surface area contributed by atoms with E-state index in [1.807, 2.05) is 24.3 Å². The number of piperazine rings is 1. The predicted octanol–water partition coefficient (Wildman–Crippen LogP) is 2.94. The minimum Gasteiger partial charge on any atom is -0.336 e. The highest BCUT2D eigenvalue weighted by molar-refractivity contribution is 6.30. The number of carbonyl (C=O) groups excluding carboxylic acids is 1. The average Bonchev–Trinajstić information content (AvgIpc) is 3.18. The molecule has 2 aliphatic rings. The summed E-state index contributed by atoms with van der Waals surface area (Å²) < 4.78 is 26.9. The molecule has 28 heavy (non-hydrogen) atoms. The Balaban J connectivity index is 1.33. The number of rotatable bonds is 3. The Morgan fingerprint density at radius 2 is 1.71 bits per heavy atom. The van der Waals surface area contributed by atoms with E-state index in [1.54, 1.807) is 4.90 Å². The van der Waals surface area contributed by atoms with Gasteiger partial charge in [0.15, 0.2) is 0 Å². The van der Waals surface area contributed by atoms with Gasteiger partial charge in [0.25, 0.3) is 5.91 Å². The van der Waals surface area contributed by atoms with E-state index in [0.29, 0.717) is 31.2 Å². The van der Waals surface area contributed by atoms with Crippen LogP contribution in [0.3, 0.4) is 0 Å². The normalized spacial score (nSPS) is 23.2. The van der Waals surface area contributed by atoms with Crippen LogP contribution in [0.5, 0.6) is 0 Å². The molecular formula is C20H21ClF2N4O. The molecule has 2 atom stereocenters. The monoisotopic (exact) mass is 406 g/mol. The quantitative estimate of drug-likeness (QED) is 0.822. The molecule has 8 heteroatoms. The number of hydrogen-bond donors (Lipinski definition) is 2. The lowest BCUT2D eigenvalue weighted by Gasteiger charge is -2.37. The minimum absolute atomic E-state index is 0.0849. The first-order chi connectivity index (χ1) is 13.5.